The van der Waals surface area contributed by atoms with Gasteiger partial charge in [-0.15, -0.1) is 0 Å². The van der Waals surface area contributed by atoms with Gasteiger partial charge in [-0.1, -0.05) is 46.8 Å². The molecule has 1 unspecified atom stereocenters. The summed E-state index contributed by atoms with van der Waals surface area (Å²) < 4.78 is 0. The van der Waals surface area contributed by atoms with E-state index in [0.717, 1.165) is 18.2 Å². The summed E-state index contributed by atoms with van der Waals surface area (Å²) in [6.45, 7) is 15.4. The second-order valence-electron chi connectivity index (χ2n) is 8.09. The lowest BCUT2D eigenvalue weighted by atomic mass is 9.80. The molecule has 0 aromatic heterocycles. The van der Waals surface area contributed by atoms with Crippen molar-refractivity contribution in [2.24, 2.45) is 11.3 Å². The molecule has 2 nitrogen and oxygen atoms in total. The van der Waals surface area contributed by atoms with Crippen molar-refractivity contribution in [1.29, 1.82) is 0 Å². The quantitative estimate of drug-likeness (QED) is 0.847. The van der Waals surface area contributed by atoms with Crippen molar-refractivity contribution in [1.82, 2.24) is 4.90 Å². The maximum absolute atomic E-state index is 5.79. The molecule has 0 amide bonds. The van der Waals surface area contributed by atoms with Crippen LogP contribution in [0.5, 0.6) is 0 Å². The summed E-state index contributed by atoms with van der Waals surface area (Å²) in [5.74, 6) is 0.824. The average molecular weight is 274 g/mol. The van der Waals surface area contributed by atoms with Crippen LogP contribution in [0.4, 0.5) is 5.69 Å². The summed E-state index contributed by atoms with van der Waals surface area (Å²) in [6, 6.07) is 8.37. The van der Waals surface area contributed by atoms with Crippen LogP contribution in [-0.4, -0.2) is 24.5 Å². The molecule has 0 radical (unpaired) electrons. The van der Waals surface area contributed by atoms with Gasteiger partial charge in [-0.2, -0.15) is 0 Å². The van der Waals surface area contributed by atoms with Crippen molar-refractivity contribution in [2.75, 3.05) is 25.4 Å². The predicted molar refractivity (Wildman–Crippen MR) is 87.9 cm³/mol. The second kappa shape index (κ2) is 5.40. The Morgan fingerprint density at radius 3 is 2.20 bits per heavy atom. The third-order valence-corrected chi connectivity index (χ3v) is 4.81. The molecule has 1 heterocycles. The van der Waals surface area contributed by atoms with Crippen molar-refractivity contribution in [3.8, 4) is 0 Å². The molecule has 2 rings (SSSR count). The summed E-state index contributed by atoms with van der Waals surface area (Å²) >= 11 is 0. The predicted octanol–water partition coefficient (Wildman–Crippen LogP) is 3.91. The summed E-state index contributed by atoms with van der Waals surface area (Å²) in [4.78, 5) is 2.63. The van der Waals surface area contributed by atoms with Crippen LogP contribution >= 0.6 is 0 Å². The number of rotatable bonds is 3. The molecule has 1 fully saturated rings. The fraction of sp³-hybridized carbons (Fsp3) is 0.667. The molecule has 20 heavy (non-hydrogen) atoms. The van der Waals surface area contributed by atoms with E-state index in [1.807, 2.05) is 12.1 Å². The third-order valence-electron chi connectivity index (χ3n) is 4.81. The highest BCUT2D eigenvalue weighted by atomic mass is 15.2. The molecule has 1 aliphatic heterocycles. The highest BCUT2D eigenvalue weighted by molar-refractivity contribution is 5.41. The van der Waals surface area contributed by atoms with Crippen molar-refractivity contribution >= 4 is 5.69 Å². The monoisotopic (exact) mass is 274 g/mol. The lowest BCUT2D eigenvalue weighted by Gasteiger charge is -2.32. The Labute approximate surface area is 124 Å². The van der Waals surface area contributed by atoms with E-state index in [0.29, 0.717) is 5.41 Å². The van der Waals surface area contributed by atoms with Crippen LogP contribution in [0.15, 0.2) is 24.3 Å². The number of nitrogens with zero attached hydrogens (tertiary/aromatic N) is 1. The molecular formula is C18H30N2. The smallest absolute Gasteiger partial charge is 0.0314 e. The normalized spacial score (nSPS) is 21.4. The Morgan fingerprint density at radius 1 is 1.10 bits per heavy atom. The van der Waals surface area contributed by atoms with Crippen LogP contribution in [0.2, 0.25) is 0 Å². The van der Waals surface area contributed by atoms with Gasteiger partial charge in [-0.3, -0.25) is 0 Å². The van der Waals surface area contributed by atoms with Crippen LogP contribution < -0.4 is 5.73 Å². The first-order valence-corrected chi connectivity index (χ1v) is 7.77. The van der Waals surface area contributed by atoms with Gasteiger partial charge in [0.1, 0.15) is 0 Å². The molecule has 2 N–H and O–H groups in total. The maximum Gasteiger partial charge on any atom is 0.0314 e. The Morgan fingerprint density at radius 2 is 1.70 bits per heavy atom. The zero-order chi connectivity index (χ0) is 15.0. The lowest BCUT2D eigenvalue weighted by molar-refractivity contribution is 0.210. The van der Waals surface area contributed by atoms with Crippen LogP contribution in [0.1, 0.15) is 46.6 Å². The summed E-state index contributed by atoms with van der Waals surface area (Å²) in [5.41, 5.74) is 8.63. The van der Waals surface area contributed by atoms with Gasteiger partial charge >= 0.3 is 0 Å². The standard InChI is InChI=1S/C18H30N2/c1-17(2,3)15-10-11-20(12-15)13-18(4,5)14-6-8-16(19)9-7-14/h6-9,15H,10-13,19H2,1-5H3. The topological polar surface area (TPSA) is 29.3 Å². The minimum atomic E-state index is 0.181. The lowest BCUT2D eigenvalue weighted by Crippen LogP contribution is -2.36. The molecule has 1 saturated heterocycles. The van der Waals surface area contributed by atoms with Crippen LogP contribution in [0.3, 0.4) is 0 Å². The summed E-state index contributed by atoms with van der Waals surface area (Å²) in [5, 5.41) is 0. The molecule has 0 aliphatic carbocycles. The van der Waals surface area contributed by atoms with E-state index < -0.39 is 0 Å². The number of hydrogen-bond donors (Lipinski definition) is 1. The van der Waals surface area contributed by atoms with E-state index in [1.165, 1.54) is 25.1 Å². The minimum absolute atomic E-state index is 0.181. The summed E-state index contributed by atoms with van der Waals surface area (Å²) in [6.07, 6.45) is 1.33. The van der Waals surface area contributed by atoms with E-state index in [-0.39, 0.29) is 5.41 Å². The van der Waals surface area contributed by atoms with E-state index >= 15 is 0 Å². The SMILES string of the molecule is CC(C)(CN1CCC(C(C)(C)C)C1)c1ccc(N)cc1. The zero-order valence-electron chi connectivity index (χ0n) is 13.7. The molecule has 0 saturated carbocycles. The van der Waals surface area contributed by atoms with E-state index in [4.69, 9.17) is 5.73 Å². The van der Waals surface area contributed by atoms with Crippen molar-refractivity contribution in [2.45, 2.75) is 46.5 Å². The average Bonchev–Trinajstić information content (AvgIpc) is 2.77. The van der Waals surface area contributed by atoms with Crippen molar-refractivity contribution in [3.63, 3.8) is 0 Å². The van der Waals surface area contributed by atoms with Crippen molar-refractivity contribution in [3.05, 3.63) is 29.8 Å². The fourth-order valence-electron chi connectivity index (χ4n) is 3.27. The number of hydrogen-bond acceptors (Lipinski definition) is 2. The largest absolute Gasteiger partial charge is 0.399 e. The molecule has 1 aliphatic rings. The molecular weight excluding hydrogens is 244 g/mol. The molecule has 1 atom stereocenters. The summed E-state index contributed by atoms with van der Waals surface area (Å²) in [7, 11) is 0. The van der Waals surface area contributed by atoms with Gasteiger partial charge in [0.15, 0.2) is 0 Å². The minimum Gasteiger partial charge on any atom is -0.399 e. The molecule has 0 spiro atoms. The van der Waals surface area contributed by atoms with Gasteiger partial charge in [-0.25, -0.2) is 0 Å². The first-order valence-electron chi connectivity index (χ1n) is 7.77. The first kappa shape index (κ1) is 15.4. The Hall–Kier alpha value is -1.02. The zero-order valence-corrected chi connectivity index (χ0v) is 13.7. The van der Waals surface area contributed by atoms with Crippen LogP contribution in [0, 0.1) is 11.3 Å². The Kier molecular flexibility index (Phi) is 4.15. The number of likely N-dealkylation sites (tertiary alicyclic amines) is 1. The number of benzene rings is 1. The molecule has 2 heteroatoms. The third kappa shape index (κ3) is 3.54. The fourth-order valence-corrected chi connectivity index (χ4v) is 3.27. The van der Waals surface area contributed by atoms with Gasteiger partial charge in [0.25, 0.3) is 0 Å². The van der Waals surface area contributed by atoms with Gasteiger partial charge in [0.2, 0.25) is 0 Å². The number of nitrogen functional groups attached to an aromatic ring is 1. The Bertz CT molecular complexity index is 439. The Balaban J connectivity index is 2.01. The maximum atomic E-state index is 5.79. The van der Waals surface area contributed by atoms with Crippen LogP contribution in [-0.2, 0) is 5.41 Å². The van der Waals surface area contributed by atoms with Gasteiger partial charge < -0.3 is 10.6 Å². The van der Waals surface area contributed by atoms with E-state index in [9.17, 15) is 0 Å². The van der Waals surface area contributed by atoms with Gasteiger partial charge in [0, 0.05) is 24.2 Å². The van der Waals surface area contributed by atoms with Crippen LogP contribution in [0.25, 0.3) is 0 Å². The molecule has 0 bridgehead atoms. The van der Waals surface area contributed by atoms with Crippen molar-refractivity contribution < 1.29 is 0 Å². The molecule has 1 aromatic carbocycles. The number of anilines is 1. The first-order chi connectivity index (χ1) is 9.18. The van der Waals surface area contributed by atoms with E-state index in [1.54, 1.807) is 0 Å². The van der Waals surface area contributed by atoms with Gasteiger partial charge in [0.05, 0.1) is 0 Å². The van der Waals surface area contributed by atoms with E-state index in [2.05, 4.69) is 51.7 Å². The highest BCUT2D eigenvalue weighted by Gasteiger charge is 2.34. The van der Waals surface area contributed by atoms with Gasteiger partial charge in [-0.05, 0) is 42.0 Å². The second-order valence-corrected chi connectivity index (χ2v) is 8.09. The molecule has 1 aromatic rings. The number of nitrogens with two attached hydrogens (primary N) is 1. The highest BCUT2D eigenvalue weighted by Crippen LogP contribution is 2.35. The molecule has 112 valence electrons.